The first kappa shape index (κ1) is 17.0. The minimum absolute atomic E-state index is 0.261. The van der Waals surface area contributed by atoms with Crippen molar-refractivity contribution in [2.24, 2.45) is 35.0 Å². The van der Waals surface area contributed by atoms with Gasteiger partial charge in [-0.1, -0.05) is 24.3 Å². The van der Waals surface area contributed by atoms with E-state index >= 15 is 0 Å². The molecule has 5 aliphatic rings. The Bertz CT molecular complexity index is 786. The number of amides is 2. The van der Waals surface area contributed by atoms with Crippen LogP contribution < -0.4 is 10.8 Å². The highest BCUT2D eigenvalue weighted by Crippen LogP contribution is 2.78. The fraction of sp³-hybridized carbons (Fsp3) is 0.545. The molecule has 3 N–H and O–H groups in total. The van der Waals surface area contributed by atoms with Gasteiger partial charge in [0, 0.05) is 18.5 Å². The Kier molecular flexibility index (Phi) is 3.90. The van der Waals surface area contributed by atoms with E-state index < -0.39 is 5.91 Å². The molecule has 142 valence electrons. The fourth-order valence-corrected chi connectivity index (χ4v) is 6.87. The molecule has 27 heavy (non-hydrogen) atoms. The smallest absolute Gasteiger partial charge is 0.267 e. The van der Waals surface area contributed by atoms with Crippen LogP contribution in [0.5, 0.6) is 0 Å². The quantitative estimate of drug-likeness (QED) is 0.426. The number of hydrogen-bond donors (Lipinski definition) is 3. The molecule has 1 spiro atoms. The molecule has 0 saturated heterocycles. The Morgan fingerprint density at radius 2 is 1.81 bits per heavy atom. The van der Waals surface area contributed by atoms with E-state index in [1.807, 2.05) is 24.3 Å². The first-order valence-corrected chi connectivity index (χ1v) is 10.1. The van der Waals surface area contributed by atoms with E-state index in [0.717, 1.165) is 28.9 Å². The maximum atomic E-state index is 12.9. The number of carbonyl (C=O) groups excluding carboxylic acids is 2. The summed E-state index contributed by atoms with van der Waals surface area (Å²) in [5.41, 5.74) is 3.85. The summed E-state index contributed by atoms with van der Waals surface area (Å²) in [5, 5.41) is 11.7. The Morgan fingerprint density at radius 3 is 2.48 bits per heavy atom. The van der Waals surface area contributed by atoms with E-state index in [0.29, 0.717) is 17.9 Å². The Balaban J connectivity index is 1.19. The summed E-state index contributed by atoms with van der Waals surface area (Å²) in [4.78, 5) is 23.9. The highest BCUT2D eigenvalue weighted by atomic mass is 16.5. The van der Waals surface area contributed by atoms with Gasteiger partial charge in [-0.3, -0.25) is 14.8 Å². The maximum absolute atomic E-state index is 12.9. The van der Waals surface area contributed by atoms with Crippen LogP contribution in [0.3, 0.4) is 0 Å². The molecule has 2 amide bonds. The molecular weight excluding hydrogens is 340 g/mol. The highest BCUT2D eigenvalue weighted by molar-refractivity contribution is 5.90. The van der Waals surface area contributed by atoms with Gasteiger partial charge in [0.05, 0.1) is 0 Å². The van der Waals surface area contributed by atoms with Crippen LogP contribution in [-0.4, -0.2) is 17.0 Å². The SMILES string of the molecule is O=C(/C=C/c1ccc(CNC(=O)C2C3C4CC5CC(C4)CC23C5)cc1)NO. The first-order valence-electron chi connectivity index (χ1n) is 10.1. The van der Waals surface area contributed by atoms with Crippen LogP contribution in [0.25, 0.3) is 6.08 Å². The van der Waals surface area contributed by atoms with Crippen molar-refractivity contribution in [2.75, 3.05) is 0 Å². The molecule has 5 saturated carbocycles. The summed E-state index contributed by atoms with van der Waals surface area (Å²) in [6, 6.07) is 7.72. The van der Waals surface area contributed by atoms with E-state index in [1.54, 1.807) is 11.6 Å². The van der Waals surface area contributed by atoms with Crippen molar-refractivity contribution in [1.29, 1.82) is 0 Å². The summed E-state index contributed by atoms with van der Waals surface area (Å²) in [6.45, 7) is 0.552. The lowest BCUT2D eigenvalue weighted by molar-refractivity contribution is -0.124. The van der Waals surface area contributed by atoms with Crippen molar-refractivity contribution in [1.82, 2.24) is 10.8 Å². The van der Waals surface area contributed by atoms with E-state index in [4.69, 9.17) is 5.21 Å². The monoisotopic (exact) mass is 366 g/mol. The largest absolute Gasteiger partial charge is 0.352 e. The van der Waals surface area contributed by atoms with Crippen LogP contribution in [0, 0.1) is 35.0 Å². The Hall–Kier alpha value is -2.14. The van der Waals surface area contributed by atoms with Gasteiger partial charge in [0.15, 0.2) is 0 Å². The predicted molar refractivity (Wildman–Crippen MR) is 100 cm³/mol. The zero-order valence-electron chi connectivity index (χ0n) is 15.4. The average molecular weight is 366 g/mol. The molecule has 6 rings (SSSR count). The second-order valence-electron chi connectivity index (χ2n) is 9.11. The molecule has 4 atom stereocenters. The number of nitrogens with one attached hydrogen (secondary N) is 2. The summed E-state index contributed by atoms with van der Waals surface area (Å²) in [6.07, 6.45) is 9.66. The van der Waals surface area contributed by atoms with Crippen molar-refractivity contribution in [3.8, 4) is 0 Å². The van der Waals surface area contributed by atoms with Crippen molar-refractivity contribution >= 4 is 17.9 Å². The Morgan fingerprint density at radius 1 is 1.11 bits per heavy atom. The topological polar surface area (TPSA) is 78.4 Å². The lowest BCUT2D eigenvalue weighted by atomic mass is 9.56. The molecular formula is C22H26N2O3. The fourth-order valence-electron chi connectivity index (χ4n) is 6.87. The van der Waals surface area contributed by atoms with Crippen LogP contribution in [0.4, 0.5) is 0 Å². The molecule has 5 heteroatoms. The van der Waals surface area contributed by atoms with Crippen molar-refractivity contribution in [2.45, 2.75) is 38.6 Å². The minimum atomic E-state index is -0.556. The van der Waals surface area contributed by atoms with E-state index in [-0.39, 0.29) is 11.8 Å². The average Bonchev–Trinajstić information content (AvgIpc) is 3.32. The van der Waals surface area contributed by atoms with Gasteiger partial charge >= 0.3 is 0 Å². The third kappa shape index (κ3) is 2.80. The van der Waals surface area contributed by atoms with E-state index in [2.05, 4.69) is 5.32 Å². The van der Waals surface area contributed by atoms with Crippen molar-refractivity contribution in [3.63, 3.8) is 0 Å². The summed E-state index contributed by atoms with van der Waals surface area (Å²) in [5.74, 6) is 3.23. The summed E-state index contributed by atoms with van der Waals surface area (Å²) < 4.78 is 0. The van der Waals surface area contributed by atoms with Crippen LogP contribution in [0.2, 0.25) is 0 Å². The number of hydroxylamine groups is 1. The Labute approximate surface area is 159 Å². The van der Waals surface area contributed by atoms with Gasteiger partial charge in [0.25, 0.3) is 5.91 Å². The molecule has 4 bridgehead atoms. The predicted octanol–water partition coefficient (Wildman–Crippen LogP) is 2.89. The molecule has 1 aromatic rings. The maximum Gasteiger partial charge on any atom is 0.267 e. The molecule has 0 heterocycles. The molecule has 5 fully saturated rings. The number of rotatable bonds is 5. The molecule has 0 aromatic heterocycles. The number of benzene rings is 1. The zero-order chi connectivity index (χ0) is 18.6. The number of carbonyl (C=O) groups is 2. The van der Waals surface area contributed by atoms with E-state index in [1.165, 1.54) is 38.2 Å². The first-order chi connectivity index (χ1) is 13.1. The lowest BCUT2D eigenvalue weighted by Gasteiger charge is -2.49. The highest BCUT2D eigenvalue weighted by Gasteiger charge is 2.75. The van der Waals surface area contributed by atoms with Crippen molar-refractivity contribution in [3.05, 3.63) is 41.5 Å². The zero-order valence-corrected chi connectivity index (χ0v) is 15.4. The third-order valence-corrected chi connectivity index (χ3v) is 7.58. The molecule has 4 unspecified atom stereocenters. The lowest BCUT2D eigenvalue weighted by Crippen LogP contribution is -2.39. The van der Waals surface area contributed by atoms with Gasteiger partial charge in [-0.15, -0.1) is 0 Å². The van der Waals surface area contributed by atoms with Gasteiger partial charge < -0.3 is 5.32 Å². The molecule has 5 aliphatic carbocycles. The van der Waals surface area contributed by atoms with Gasteiger partial charge in [-0.2, -0.15) is 0 Å². The molecule has 1 aromatic carbocycles. The molecule has 0 aliphatic heterocycles. The second-order valence-corrected chi connectivity index (χ2v) is 9.11. The third-order valence-electron chi connectivity index (χ3n) is 7.58. The summed E-state index contributed by atoms with van der Waals surface area (Å²) >= 11 is 0. The second kappa shape index (κ2) is 6.20. The van der Waals surface area contributed by atoms with Crippen LogP contribution in [0.15, 0.2) is 30.3 Å². The van der Waals surface area contributed by atoms with Gasteiger partial charge in [-0.25, -0.2) is 5.48 Å². The van der Waals surface area contributed by atoms with Crippen LogP contribution in [0.1, 0.15) is 43.2 Å². The standard InChI is InChI=1S/C22H26N2O3/c25-18(24-27)6-5-13-1-3-14(4-2-13)12-23-21(26)20-19-17-8-15-7-16(9-17)11-22(19,20)10-15/h1-6,15-17,19-20,27H,7-12H2,(H,23,26)(H,24,25)/b6-5+. The van der Waals surface area contributed by atoms with Gasteiger partial charge in [0.2, 0.25) is 5.91 Å². The van der Waals surface area contributed by atoms with E-state index in [9.17, 15) is 9.59 Å². The number of hydrogen-bond acceptors (Lipinski definition) is 3. The normalized spacial score (nSPS) is 37.9. The van der Waals surface area contributed by atoms with Crippen LogP contribution in [-0.2, 0) is 16.1 Å². The molecule has 5 nitrogen and oxygen atoms in total. The van der Waals surface area contributed by atoms with Gasteiger partial charge in [-0.05, 0) is 78.4 Å². The van der Waals surface area contributed by atoms with Crippen LogP contribution >= 0.6 is 0 Å². The summed E-state index contributed by atoms with van der Waals surface area (Å²) in [7, 11) is 0. The molecule has 0 radical (unpaired) electrons. The van der Waals surface area contributed by atoms with Gasteiger partial charge in [0.1, 0.15) is 0 Å². The van der Waals surface area contributed by atoms with Crippen molar-refractivity contribution < 1.29 is 14.8 Å². The minimum Gasteiger partial charge on any atom is -0.352 e.